The number of hydrogen-bond acceptors (Lipinski definition) is 2. The lowest BCUT2D eigenvalue weighted by Crippen LogP contribution is -2.39. The summed E-state index contributed by atoms with van der Waals surface area (Å²) in [6, 6.07) is 10.1. The average Bonchev–Trinajstić information content (AvgIpc) is 3.13. The molecule has 0 fully saturated rings. The highest BCUT2D eigenvalue weighted by Gasteiger charge is 2.32. The number of benzene rings is 1. The molecule has 3 nitrogen and oxygen atoms in total. The molecule has 5 heteroatoms. The quantitative estimate of drug-likeness (QED) is 0.630. The molecule has 1 aromatic carbocycles. The van der Waals surface area contributed by atoms with Gasteiger partial charge in [-0.15, -0.1) is 11.3 Å². The van der Waals surface area contributed by atoms with Gasteiger partial charge in [0.2, 0.25) is 0 Å². The highest BCUT2D eigenvalue weighted by molar-refractivity contribution is 7.10. The van der Waals surface area contributed by atoms with Crippen molar-refractivity contribution in [2.75, 3.05) is 6.54 Å². The van der Waals surface area contributed by atoms with Gasteiger partial charge >= 0.3 is 0 Å². The molecule has 118 valence electrons. The molecule has 0 N–H and O–H groups in total. The number of halogens is 1. The van der Waals surface area contributed by atoms with Crippen molar-refractivity contribution in [3.05, 3.63) is 56.9 Å². The van der Waals surface area contributed by atoms with E-state index in [-0.39, 0.29) is 11.9 Å². The van der Waals surface area contributed by atoms with Crippen LogP contribution in [0, 0.1) is 0 Å². The van der Waals surface area contributed by atoms with Gasteiger partial charge in [-0.05, 0) is 36.4 Å². The predicted octanol–water partition coefficient (Wildman–Crippen LogP) is 4.65. The van der Waals surface area contributed by atoms with E-state index >= 15 is 0 Å². The van der Waals surface area contributed by atoms with E-state index < -0.39 is 0 Å². The predicted molar refractivity (Wildman–Crippen MR) is 95.4 cm³/mol. The van der Waals surface area contributed by atoms with Gasteiger partial charge in [-0.3, -0.25) is 4.79 Å². The third-order valence-electron chi connectivity index (χ3n) is 4.79. The first-order valence-electron chi connectivity index (χ1n) is 7.69. The average molecular weight is 345 g/mol. The molecular formula is C18H17ClN2OS. The Morgan fingerprint density at radius 2 is 2.09 bits per heavy atom. The Bertz CT molecular complexity index is 872. The molecule has 4 rings (SSSR count). The monoisotopic (exact) mass is 344 g/mol. The van der Waals surface area contributed by atoms with Crippen molar-refractivity contribution in [2.45, 2.75) is 19.4 Å². The number of fused-ring (bicyclic) bond motifs is 2. The van der Waals surface area contributed by atoms with Crippen molar-refractivity contribution in [1.29, 1.82) is 0 Å². The van der Waals surface area contributed by atoms with Crippen LogP contribution in [0.5, 0.6) is 0 Å². The van der Waals surface area contributed by atoms with Gasteiger partial charge in [0.05, 0.1) is 11.1 Å². The number of rotatable bonds is 1. The van der Waals surface area contributed by atoms with E-state index in [0.29, 0.717) is 10.7 Å². The van der Waals surface area contributed by atoms with Crippen LogP contribution in [0.1, 0.15) is 33.9 Å². The van der Waals surface area contributed by atoms with Gasteiger partial charge in [0.25, 0.3) is 5.91 Å². The zero-order valence-electron chi connectivity index (χ0n) is 13.0. The van der Waals surface area contributed by atoms with E-state index in [1.54, 1.807) is 11.3 Å². The van der Waals surface area contributed by atoms with Crippen LogP contribution in [0.4, 0.5) is 0 Å². The number of carbonyl (C=O) groups is 1. The first-order chi connectivity index (χ1) is 11.1. The van der Waals surface area contributed by atoms with Gasteiger partial charge in [-0.2, -0.15) is 0 Å². The molecule has 3 heterocycles. The second-order valence-corrected chi connectivity index (χ2v) is 7.34. The Labute approximate surface area is 144 Å². The summed E-state index contributed by atoms with van der Waals surface area (Å²) in [5.41, 5.74) is 2.84. The molecule has 1 aliphatic heterocycles. The maximum atomic E-state index is 13.2. The fraction of sp³-hybridized carbons (Fsp3) is 0.278. The fourth-order valence-corrected chi connectivity index (χ4v) is 4.84. The van der Waals surface area contributed by atoms with E-state index in [1.807, 2.05) is 40.8 Å². The summed E-state index contributed by atoms with van der Waals surface area (Å²) >= 11 is 8.32. The summed E-state index contributed by atoms with van der Waals surface area (Å²) in [6.07, 6.45) is 0.921. The topological polar surface area (TPSA) is 25.2 Å². The first-order valence-corrected chi connectivity index (χ1v) is 8.95. The van der Waals surface area contributed by atoms with Gasteiger partial charge in [0.15, 0.2) is 0 Å². The summed E-state index contributed by atoms with van der Waals surface area (Å²) in [5.74, 6) is 0.0121. The maximum Gasteiger partial charge on any atom is 0.272 e. The Morgan fingerprint density at radius 3 is 2.87 bits per heavy atom. The third-order valence-corrected chi connectivity index (χ3v) is 6.16. The molecule has 0 saturated heterocycles. The standard InChI is InChI=1S/C18H17ClN2OS/c1-11-12-8-10-23-15(12)7-9-21(11)18(22)17-16(19)13-5-3-4-6-14(13)20(17)2/h3-6,8,10-11H,7,9H2,1-2H3/t11-/m0/s1. The summed E-state index contributed by atoms with van der Waals surface area (Å²) in [5, 5.41) is 3.59. The van der Waals surface area contributed by atoms with Crippen molar-refractivity contribution >= 4 is 39.7 Å². The molecule has 1 amide bonds. The van der Waals surface area contributed by atoms with Crippen LogP contribution >= 0.6 is 22.9 Å². The Hall–Kier alpha value is -1.78. The second kappa shape index (κ2) is 5.39. The number of nitrogens with zero attached hydrogens (tertiary/aromatic N) is 2. The molecule has 1 aliphatic rings. The van der Waals surface area contributed by atoms with Crippen molar-refractivity contribution in [3.8, 4) is 0 Å². The summed E-state index contributed by atoms with van der Waals surface area (Å²) < 4.78 is 1.91. The number of amides is 1. The molecule has 0 saturated carbocycles. The normalized spacial score (nSPS) is 17.5. The summed E-state index contributed by atoms with van der Waals surface area (Å²) in [6.45, 7) is 2.84. The summed E-state index contributed by atoms with van der Waals surface area (Å²) in [7, 11) is 1.91. The van der Waals surface area contributed by atoms with E-state index in [4.69, 9.17) is 11.6 Å². The summed E-state index contributed by atoms with van der Waals surface area (Å²) in [4.78, 5) is 16.5. The minimum absolute atomic E-state index is 0.0121. The first kappa shape index (κ1) is 14.8. The zero-order valence-corrected chi connectivity index (χ0v) is 14.6. The van der Waals surface area contributed by atoms with E-state index in [0.717, 1.165) is 23.9 Å². The minimum Gasteiger partial charge on any atom is -0.338 e. The van der Waals surface area contributed by atoms with Gasteiger partial charge in [0.1, 0.15) is 5.69 Å². The third kappa shape index (κ3) is 2.12. The second-order valence-electron chi connectivity index (χ2n) is 5.96. The molecule has 1 atom stereocenters. The lowest BCUT2D eigenvalue weighted by atomic mass is 10.0. The van der Waals surface area contributed by atoms with Gasteiger partial charge in [0, 0.05) is 29.4 Å². The number of para-hydroxylation sites is 1. The number of thiophene rings is 1. The minimum atomic E-state index is 0.0121. The van der Waals surface area contributed by atoms with Crippen LogP contribution in [0.2, 0.25) is 5.02 Å². The Balaban J connectivity index is 1.79. The van der Waals surface area contributed by atoms with Crippen LogP contribution in [-0.2, 0) is 13.5 Å². The largest absolute Gasteiger partial charge is 0.338 e. The molecular weight excluding hydrogens is 328 g/mol. The number of hydrogen-bond donors (Lipinski definition) is 0. The number of aryl methyl sites for hydroxylation is 1. The number of aromatic nitrogens is 1. The van der Waals surface area contributed by atoms with Crippen LogP contribution in [0.25, 0.3) is 10.9 Å². The smallest absolute Gasteiger partial charge is 0.272 e. The highest BCUT2D eigenvalue weighted by atomic mass is 35.5. The van der Waals surface area contributed by atoms with Gasteiger partial charge < -0.3 is 9.47 Å². The molecule has 0 spiro atoms. The van der Waals surface area contributed by atoms with E-state index in [9.17, 15) is 4.79 Å². The van der Waals surface area contributed by atoms with E-state index in [1.165, 1.54) is 10.4 Å². The molecule has 2 aromatic heterocycles. The van der Waals surface area contributed by atoms with E-state index in [2.05, 4.69) is 18.4 Å². The molecule has 23 heavy (non-hydrogen) atoms. The maximum absolute atomic E-state index is 13.2. The zero-order chi connectivity index (χ0) is 16.1. The van der Waals surface area contributed by atoms with Crippen LogP contribution in [-0.4, -0.2) is 21.9 Å². The van der Waals surface area contributed by atoms with Crippen LogP contribution < -0.4 is 0 Å². The van der Waals surface area contributed by atoms with Gasteiger partial charge in [-0.1, -0.05) is 29.8 Å². The van der Waals surface area contributed by atoms with Crippen molar-refractivity contribution in [1.82, 2.24) is 9.47 Å². The van der Waals surface area contributed by atoms with Crippen molar-refractivity contribution in [3.63, 3.8) is 0 Å². The molecule has 0 unspecified atom stereocenters. The van der Waals surface area contributed by atoms with Crippen LogP contribution in [0.3, 0.4) is 0 Å². The molecule has 3 aromatic rings. The molecule has 0 aliphatic carbocycles. The number of carbonyl (C=O) groups excluding carboxylic acids is 1. The lowest BCUT2D eigenvalue weighted by Gasteiger charge is -2.33. The Morgan fingerprint density at radius 1 is 1.30 bits per heavy atom. The highest BCUT2D eigenvalue weighted by Crippen LogP contribution is 2.36. The van der Waals surface area contributed by atoms with Crippen LogP contribution in [0.15, 0.2) is 35.7 Å². The van der Waals surface area contributed by atoms with Crippen molar-refractivity contribution in [2.24, 2.45) is 7.05 Å². The fourth-order valence-electron chi connectivity index (χ4n) is 3.51. The Kier molecular flexibility index (Phi) is 3.47. The van der Waals surface area contributed by atoms with Gasteiger partial charge in [-0.25, -0.2) is 0 Å². The lowest BCUT2D eigenvalue weighted by molar-refractivity contribution is 0.0670. The molecule has 0 radical (unpaired) electrons. The SMILES string of the molecule is C[C@H]1c2ccsc2CCN1C(=O)c1c(Cl)c2ccccc2n1C. The molecule has 0 bridgehead atoms. The van der Waals surface area contributed by atoms with Crippen molar-refractivity contribution < 1.29 is 4.79 Å².